The van der Waals surface area contributed by atoms with Crippen molar-refractivity contribution in [2.75, 3.05) is 5.32 Å². The molecule has 4 nitrogen and oxygen atoms in total. The maximum atomic E-state index is 10.7. The Morgan fingerprint density at radius 1 is 1.15 bits per heavy atom. The first-order valence-corrected chi connectivity index (χ1v) is 7.55. The van der Waals surface area contributed by atoms with Crippen LogP contribution in [0, 0.1) is 10.1 Å². The molecule has 0 spiro atoms. The van der Waals surface area contributed by atoms with Gasteiger partial charge in [0.2, 0.25) is 0 Å². The quantitative estimate of drug-likeness (QED) is 0.533. The van der Waals surface area contributed by atoms with Crippen molar-refractivity contribution in [1.82, 2.24) is 0 Å². The van der Waals surface area contributed by atoms with E-state index in [1.54, 1.807) is 18.2 Å². The Morgan fingerprint density at radius 2 is 1.90 bits per heavy atom. The second-order valence-corrected chi connectivity index (χ2v) is 6.16. The molecule has 0 heterocycles. The lowest BCUT2D eigenvalue weighted by Gasteiger charge is -2.09. The molecule has 2 aromatic carbocycles. The highest BCUT2D eigenvalue weighted by Crippen LogP contribution is 2.28. The predicted octanol–water partition coefficient (Wildman–Crippen LogP) is 5.39. The highest BCUT2D eigenvalue weighted by atomic mass is 79.9. The van der Waals surface area contributed by atoms with Crippen LogP contribution in [0.5, 0.6) is 0 Å². The van der Waals surface area contributed by atoms with Crippen molar-refractivity contribution in [2.24, 2.45) is 0 Å². The summed E-state index contributed by atoms with van der Waals surface area (Å²) in [6.07, 6.45) is 0. The second-order valence-electron chi connectivity index (χ2n) is 4.01. The van der Waals surface area contributed by atoms with Crippen LogP contribution in [-0.2, 0) is 6.54 Å². The number of rotatable bonds is 4. The SMILES string of the molecule is O=[N+]([O-])c1ccc(NCc2cc(Cl)ccc2Br)cc1Br. The molecular weight excluding hydrogens is 411 g/mol. The minimum atomic E-state index is -0.429. The Balaban J connectivity index is 2.13. The highest BCUT2D eigenvalue weighted by Gasteiger charge is 2.11. The molecule has 7 heteroatoms. The van der Waals surface area contributed by atoms with E-state index in [9.17, 15) is 10.1 Å². The Morgan fingerprint density at radius 3 is 2.55 bits per heavy atom. The molecule has 1 N–H and O–H groups in total. The molecule has 0 saturated heterocycles. The van der Waals surface area contributed by atoms with Crippen molar-refractivity contribution in [3.8, 4) is 0 Å². The molecule has 2 rings (SSSR count). The number of nitro groups is 1. The third kappa shape index (κ3) is 3.71. The first-order chi connectivity index (χ1) is 9.47. The summed E-state index contributed by atoms with van der Waals surface area (Å²) in [7, 11) is 0. The summed E-state index contributed by atoms with van der Waals surface area (Å²) in [4.78, 5) is 10.3. The van der Waals surface area contributed by atoms with Gasteiger partial charge in [0.05, 0.1) is 9.40 Å². The predicted molar refractivity (Wildman–Crippen MR) is 87.3 cm³/mol. The zero-order chi connectivity index (χ0) is 14.7. The largest absolute Gasteiger partial charge is 0.381 e. The fourth-order valence-electron chi connectivity index (χ4n) is 1.64. The van der Waals surface area contributed by atoms with Gasteiger partial charge in [-0.1, -0.05) is 27.5 Å². The van der Waals surface area contributed by atoms with E-state index in [0.717, 1.165) is 15.7 Å². The number of nitrogens with zero attached hydrogens (tertiary/aromatic N) is 1. The van der Waals surface area contributed by atoms with Gasteiger partial charge in [0.1, 0.15) is 0 Å². The second kappa shape index (κ2) is 6.56. The van der Waals surface area contributed by atoms with Gasteiger partial charge >= 0.3 is 0 Å². The van der Waals surface area contributed by atoms with Crippen molar-refractivity contribution in [3.05, 3.63) is 66.0 Å². The Hall–Kier alpha value is -1.11. The minimum absolute atomic E-state index is 0.0412. The van der Waals surface area contributed by atoms with Gasteiger partial charge in [-0.05, 0) is 51.8 Å². The summed E-state index contributed by atoms with van der Waals surface area (Å²) in [6.45, 7) is 0.561. The number of nitrogens with one attached hydrogen (secondary N) is 1. The van der Waals surface area contributed by atoms with E-state index in [2.05, 4.69) is 37.2 Å². The fourth-order valence-corrected chi connectivity index (χ4v) is 2.75. The molecule has 2 aromatic rings. The molecule has 0 saturated carbocycles. The van der Waals surface area contributed by atoms with E-state index >= 15 is 0 Å². The van der Waals surface area contributed by atoms with Gasteiger partial charge in [-0.3, -0.25) is 10.1 Å². The molecule has 104 valence electrons. The van der Waals surface area contributed by atoms with Gasteiger partial charge in [0.15, 0.2) is 0 Å². The lowest BCUT2D eigenvalue weighted by Crippen LogP contribution is -2.00. The van der Waals surface area contributed by atoms with Gasteiger partial charge in [0.25, 0.3) is 5.69 Å². The number of hydrogen-bond donors (Lipinski definition) is 1. The fraction of sp³-hybridized carbons (Fsp3) is 0.0769. The maximum Gasteiger partial charge on any atom is 0.283 e. The number of halogens is 3. The summed E-state index contributed by atoms with van der Waals surface area (Å²) in [5.41, 5.74) is 1.83. The van der Waals surface area contributed by atoms with Crippen LogP contribution in [0.3, 0.4) is 0 Å². The van der Waals surface area contributed by atoms with Crippen molar-refractivity contribution >= 4 is 54.8 Å². The number of benzene rings is 2. The van der Waals surface area contributed by atoms with Crippen LogP contribution in [0.1, 0.15) is 5.56 Å². The average molecular weight is 420 g/mol. The Kier molecular flexibility index (Phi) is 5.01. The number of nitro benzene ring substituents is 1. The van der Waals surface area contributed by atoms with Crippen LogP contribution in [0.2, 0.25) is 5.02 Å². The zero-order valence-electron chi connectivity index (χ0n) is 10.1. The third-order valence-corrected chi connectivity index (χ3v) is 4.28. The van der Waals surface area contributed by atoms with Gasteiger partial charge in [0, 0.05) is 27.8 Å². The van der Waals surface area contributed by atoms with E-state index in [4.69, 9.17) is 11.6 Å². The summed E-state index contributed by atoms with van der Waals surface area (Å²) >= 11 is 12.6. The lowest BCUT2D eigenvalue weighted by atomic mass is 10.2. The van der Waals surface area contributed by atoms with Crippen molar-refractivity contribution in [1.29, 1.82) is 0 Å². The molecular formula is C13H9Br2ClN2O2. The summed E-state index contributed by atoms with van der Waals surface area (Å²) in [5, 5.41) is 14.6. The Bertz CT molecular complexity index is 665. The van der Waals surface area contributed by atoms with Crippen LogP contribution in [0.4, 0.5) is 11.4 Å². The molecule has 0 aliphatic carbocycles. The molecule has 0 amide bonds. The molecule has 0 radical (unpaired) electrons. The molecule has 0 atom stereocenters. The normalized spacial score (nSPS) is 10.3. The van der Waals surface area contributed by atoms with E-state index in [0.29, 0.717) is 16.0 Å². The number of hydrogen-bond acceptors (Lipinski definition) is 3. The summed E-state index contributed by atoms with van der Waals surface area (Å²) < 4.78 is 1.40. The molecule has 0 aliphatic rings. The third-order valence-electron chi connectivity index (χ3n) is 2.64. The standard InChI is InChI=1S/C13H9Br2ClN2O2/c14-11-3-1-9(16)5-8(11)7-17-10-2-4-13(18(19)20)12(15)6-10/h1-6,17H,7H2. The van der Waals surface area contributed by atoms with E-state index in [-0.39, 0.29) is 5.69 Å². The molecule has 0 bridgehead atoms. The van der Waals surface area contributed by atoms with Crippen LogP contribution < -0.4 is 5.32 Å². The lowest BCUT2D eigenvalue weighted by molar-refractivity contribution is -0.385. The summed E-state index contributed by atoms with van der Waals surface area (Å²) in [5.74, 6) is 0. The van der Waals surface area contributed by atoms with Crippen molar-refractivity contribution in [2.45, 2.75) is 6.54 Å². The smallest absolute Gasteiger partial charge is 0.283 e. The van der Waals surface area contributed by atoms with E-state index < -0.39 is 4.92 Å². The first kappa shape index (κ1) is 15.3. The Labute approximate surface area is 137 Å². The molecule has 0 aromatic heterocycles. The molecule has 20 heavy (non-hydrogen) atoms. The number of anilines is 1. The molecule has 0 fully saturated rings. The molecule has 0 aliphatic heterocycles. The average Bonchev–Trinajstić information content (AvgIpc) is 2.39. The van der Waals surface area contributed by atoms with Crippen molar-refractivity contribution in [3.63, 3.8) is 0 Å². The van der Waals surface area contributed by atoms with Crippen LogP contribution in [0.25, 0.3) is 0 Å². The van der Waals surface area contributed by atoms with E-state index in [1.807, 2.05) is 12.1 Å². The van der Waals surface area contributed by atoms with E-state index in [1.165, 1.54) is 6.07 Å². The maximum absolute atomic E-state index is 10.7. The first-order valence-electron chi connectivity index (χ1n) is 5.59. The molecule has 0 unspecified atom stereocenters. The topological polar surface area (TPSA) is 55.2 Å². The van der Waals surface area contributed by atoms with Gasteiger partial charge in [-0.15, -0.1) is 0 Å². The van der Waals surface area contributed by atoms with Gasteiger partial charge in [-0.25, -0.2) is 0 Å². The summed E-state index contributed by atoms with van der Waals surface area (Å²) in [6, 6.07) is 10.3. The highest BCUT2D eigenvalue weighted by molar-refractivity contribution is 9.10. The van der Waals surface area contributed by atoms with Crippen LogP contribution in [0.15, 0.2) is 45.3 Å². The monoisotopic (exact) mass is 418 g/mol. The van der Waals surface area contributed by atoms with Crippen LogP contribution >= 0.6 is 43.5 Å². The van der Waals surface area contributed by atoms with Crippen molar-refractivity contribution < 1.29 is 4.92 Å². The minimum Gasteiger partial charge on any atom is -0.381 e. The zero-order valence-corrected chi connectivity index (χ0v) is 14.0. The van der Waals surface area contributed by atoms with Gasteiger partial charge in [-0.2, -0.15) is 0 Å². The van der Waals surface area contributed by atoms with Crippen LogP contribution in [-0.4, -0.2) is 4.92 Å². The van der Waals surface area contributed by atoms with Gasteiger partial charge < -0.3 is 5.32 Å².